The van der Waals surface area contributed by atoms with Crippen LogP contribution in [0.25, 0.3) is 0 Å². The molecule has 0 N–H and O–H groups in total. The highest BCUT2D eigenvalue weighted by Gasteiger charge is 2.17. The van der Waals surface area contributed by atoms with E-state index in [1.165, 1.54) is 0 Å². The number of aryl methyl sites for hydroxylation is 1. The van der Waals surface area contributed by atoms with Crippen molar-refractivity contribution >= 4 is 17.7 Å². The molecule has 3 rings (SSSR count). The first-order valence-corrected chi connectivity index (χ1v) is 9.44. The van der Waals surface area contributed by atoms with Crippen LogP contribution < -0.4 is 9.84 Å². The number of carboxylic acids is 1. The summed E-state index contributed by atoms with van der Waals surface area (Å²) in [6.07, 6.45) is 0. The van der Waals surface area contributed by atoms with Gasteiger partial charge in [0.2, 0.25) is 0 Å². The summed E-state index contributed by atoms with van der Waals surface area (Å²) < 4.78 is 7.79. The van der Waals surface area contributed by atoms with Crippen molar-refractivity contribution in [2.45, 2.75) is 37.4 Å². The highest BCUT2D eigenvalue weighted by atomic mass is 32.2. The Balaban J connectivity index is 1.84. The smallest absolute Gasteiger partial charge is 0.192 e. The van der Waals surface area contributed by atoms with Crippen molar-refractivity contribution in [2.75, 3.05) is 0 Å². The molecule has 0 unspecified atom stereocenters. The first kappa shape index (κ1) is 19.0. The second kappa shape index (κ2) is 8.73. The van der Waals surface area contributed by atoms with E-state index in [0.717, 1.165) is 28.6 Å². The van der Waals surface area contributed by atoms with Crippen LogP contribution in [-0.4, -0.2) is 26.0 Å². The minimum absolute atomic E-state index is 0.241. The van der Waals surface area contributed by atoms with E-state index in [-0.39, 0.29) is 6.61 Å². The second-order valence-corrected chi connectivity index (χ2v) is 7.41. The summed E-state index contributed by atoms with van der Waals surface area (Å²) in [7, 11) is 0. The molecule has 0 saturated heterocycles. The largest absolute Gasteiger partial charge is 0.549 e. The number of carboxylic acid groups (broad SMARTS) is 1. The number of carbonyl (C=O) groups excluding carboxylic acids is 1. The molecule has 3 aromatic rings. The van der Waals surface area contributed by atoms with Crippen molar-refractivity contribution in [3.05, 3.63) is 71.5 Å². The standard InChI is InChI=1S/C20H21N3O3S/c1-14-8-6-7-11-17(14)26-13-18-21-22-20(27-15(2)19(24)25)23(18)12-16-9-4-3-5-10-16/h3-11,15H,12-13H2,1-2H3,(H,24,25)/p-1/t15-/m0/s1. The average molecular weight is 382 g/mol. The molecule has 0 aliphatic carbocycles. The number of hydrogen-bond acceptors (Lipinski definition) is 6. The Morgan fingerprint density at radius 3 is 2.56 bits per heavy atom. The number of nitrogens with zero attached hydrogens (tertiary/aromatic N) is 3. The number of hydrogen-bond donors (Lipinski definition) is 0. The van der Waals surface area contributed by atoms with Gasteiger partial charge >= 0.3 is 0 Å². The molecule has 0 amide bonds. The third-order valence-electron chi connectivity index (χ3n) is 4.04. The van der Waals surface area contributed by atoms with E-state index in [9.17, 15) is 9.90 Å². The highest BCUT2D eigenvalue weighted by molar-refractivity contribution is 8.00. The van der Waals surface area contributed by atoms with Crippen LogP contribution >= 0.6 is 11.8 Å². The van der Waals surface area contributed by atoms with Gasteiger partial charge in [0.15, 0.2) is 11.0 Å². The van der Waals surface area contributed by atoms with Crippen LogP contribution in [0.1, 0.15) is 23.9 Å². The monoisotopic (exact) mass is 382 g/mol. The lowest BCUT2D eigenvalue weighted by Crippen LogP contribution is -2.31. The van der Waals surface area contributed by atoms with E-state index < -0.39 is 11.2 Å². The fourth-order valence-corrected chi connectivity index (χ4v) is 3.30. The molecule has 0 aliphatic rings. The van der Waals surface area contributed by atoms with Crippen LogP contribution in [0.15, 0.2) is 59.8 Å². The molecule has 0 saturated carbocycles. The second-order valence-electron chi connectivity index (χ2n) is 6.10. The molecule has 0 bridgehead atoms. The number of benzene rings is 2. The number of para-hydroxylation sites is 1. The van der Waals surface area contributed by atoms with E-state index in [1.54, 1.807) is 6.92 Å². The van der Waals surface area contributed by atoms with E-state index in [1.807, 2.05) is 66.1 Å². The predicted molar refractivity (Wildman–Crippen MR) is 101 cm³/mol. The minimum atomic E-state index is -1.13. The third-order valence-corrected chi connectivity index (χ3v) is 5.10. The summed E-state index contributed by atoms with van der Waals surface area (Å²) in [5.41, 5.74) is 2.10. The molecule has 27 heavy (non-hydrogen) atoms. The lowest BCUT2D eigenvalue weighted by Gasteiger charge is -2.15. The van der Waals surface area contributed by atoms with Crippen LogP contribution in [0.2, 0.25) is 0 Å². The molecular formula is C20H20N3O3S-. The predicted octanol–water partition coefficient (Wildman–Crippen LogP) is 2.44. The summed E-state index contributed by atoms with van der Waals surface area (Å²) in [6, 6.07) is 17.6. The SMILES string of the molecule is Cc1ccccc1OCc1nnc(S[C@@H](C)C(=O)[O-])n1Cc1ccccc1. The van der Waals surface area contributed by atoms with E-state index in [0.29, 0.717) is 17.5 Å². The number of aliphatic carboxylic acids is 1. The molecule has 2 aromatic carbocycles. The maximum Gasteiger partial charge on any atom is 0.192 e. The average Bonchev–Trinajstić information content (AvgIpc) is 3.03. The number of thioether (sulfide) groups is 1. The third kappa shape index (κ3) is 4.89. The van der Waals surface area contributed by atoms with Crippen molar-refractivity contribution < 1.29 is 14.6 Å². The summed E-state index contributed by atoms with van der Waals surface area (Å²) in [6.45, 7) is 4.32. The zero-order valence-electron chi connectivity index (χ0n) is 15.2. The highest BCUT2D eigenvalue weighted by Crippen LogP contribution is 2.24. The van der Waals surface area contributed by atoms with E-state index in [4.69, 9.17) is 4.74 Å². The molecular weight excluding hydrogens is 362 g/mol. The Kier molecular flexibility index (Phi) is 6.13. The van der Waals surface area contributed by atoms with Gasteiger partial charge in [0.1, 0.15) is 12.4 Å². The van der Waals surface area contributed by atoms with Crippen LogP contribution in [0.4, 0.5) is 0 Å². The van der Waals surface area contributed by atoms with Crippen molar-refractivity contribution in [3.8, 4) is 5.75 Å². The zero-order chi connectivity index (χ0) is 19.2. The van der Waals surface area contributed by atoms with Crippen molar-refractivity contribution in [1.82, 2.24) is 14.8 Å². The molecule has 1 atom stereocenters. The minimum Gasteiger partial charge on any atom is -0.549 e. The number of rotatable bonds is 8. The lowest BCUT2D eigenvalue weighted by atomic mass is 10.2. The molecule has 0 aliphatic heterocycles. The van der Waals surface area contributed by atoms with Gasteiger partial charge in [0, 0.05) is 5.25 Å². The first-order valence-electron chi connectivity index (χ1n) is 8.56. The normalized spacial score (nSPS) is 11.9. The van der Waals surface area contributed by atoms with Gasteiger partial charge in [-0.25, -0.2) is 0 Å². The van der Waals surface area contributed by atoms with Gasteiger partial charge < -0.3 is 14.6 Å². The summed E-state index contributed by atoms with van der Waals surface area (Å²) in [5, 5.41) is 19.3. The summed E-state index contributed by atoms with van der Waals surface area (Å²) >= 11 is 1.11. The fourth-order valence-electron chi connectivity index (χ4n) is 2.50. The molecule has 140 valence electrons. The zero-order valence-corrected chi connectivity index (χ0v) is 16.0. The Bertz CT molecular complexity index is 912. The van der Waals surface area contributed by atoms with Crippen molar-refractivity contribution in [2.24, 2.45) is 0 Å². The Morgan fingerprint density at radius 1 is 1.15 bits per heavy atom. The Hall–Kier alpha value is -2.80. The first-order chi connectivity index (χ1) is 13.0. The number of carbonyl (C=O) groups is 1. The summed E-state index contributed by atoms with van der Waals surface area (Å²) in [4.78, 5) is 11.1. The van der Waals surface area contributed by atoms with Gasteiger partial charge in [-0.1, -0.05) is 60.3 Å². The molecule has 1 heterocycles. The molecule has 0 radical (unpaired) electrons. The molecule has 6 nitrogen and oxygen atoms in total. The van der Waals surface area contributed by atoms with Crippen LogP contribution in [0.5, 0.6) is 5.75 Å². The van der Waals surface area contributed by atoms with E-state index >= 15 is 0 Å². The van der Waals surface area contributed by atoms with Gasteiger partial charge in [-0.2, -0.15) is 0 Å². The topological polar surface area (TPSA) is 80.1 Å². The molecule has 7 heteroatoms. The van der Waals surface area contributed by atoms with Crippen molar-refractivity contribution in [1.29, 1.82) is 0 Å². The van der Waals surface area contributed by atoms with Crippen molar-refractivity contribution in [3.63, 3.8) is 0 Å². The molecule has 1 aromatic heterocycles. The fraction of sp³-hybridized carbons (Fsp3) is 0.250. The van der Waals surface area contributed by atoms with Crippen LogP contribution in [-0.2, 0) is 17.9 Å². The van der Waals surface area contributed by atoms with Crippen LogP contribution in [0.3, 0.4) is 0 Å². The van der Waals surface area contributed by atoms with Gasteiger partial charge in [0.25, 0.3) is 0 Å². The maximum atomic E-state index is 11.1. The maximum absolute atomic E-state index is 11.1. The number of ether oxygens (including phenoxy) is 1. The summed E-state index contributed by atoms with van der Waals surface area (Å²) in [5.74, 6) is 0.284. The molecule has 0 spiro atoms. The van der Waals surface area contributed by atoms with Gasteiger partial charge in [-0.15, -0.1) is 10.2 Å². The lowest BCUT2D eigenvalue weighted by molar-refractivity contribution is -0.304. The van der Waals surface area contributed by atoms with Crippen LogP contribution in [0, 0.1) is 6.92 Å². The van der Waals surface area contributed by atoms with Gasteiger partial charge in [-0.05, 0) is 31.0 Å². The number of aromatic nitrogens is 3. The Morgan fingerprint density at radius 2 is 1.85 bits per heavy atom. The Labute approximate surface area is 162 Å². The van der Waals surface area contributed by atoms with Gasteiger partial charge in [-0.3, -0.25) is 4.57 Å². The molecule has 0 fully saturated rings. The quantitative estimate of drug-likeness (QED) is 0.557. The van der Waals surface area contributed by atoms with Gasteiger partial charge in [0.05, 0.1) is 12.5 Å². The van der Waals surface area contributed by atoms with E-state index in [2.05, 4.69) is 10.2 Å².